The van der Waals surface area contributed by atoms with Gasteiger partial charge in [-0.3, -0.25) is 9.69 Å². The van der Waals surface area contributed by atoms with Gasteiger partial charge in [0.05, 0.1) is 33.3 Å². The molecule has 1 fully saturated rings. The molecular weight excluding hydrogens is 478 g/mol. The summed E-state index contributed by atoms with van der Waals surface area (Å²) in [7, 11) is 3.33. The summed E-state index contributed by atoms with van der Waals surface area (Å²) >= 11 is 0. The molecule has 2 aliphatic heterocycles. The third-order valence-corrected chi connectivity index (χ3v) is 8.10. The van der Waals surface area contributed by atoms with E-state index in [-0.39, 0.29) is 24.0 Å². The second-order valence-corrected chi connectivity index (χ2v) is 10.5. The number of hydrogen-bond donors (Lipinski definition) is 2. The fourth-order valence-electron chi connectivity index (χ4n) is 6.25. The number of H-pyrrole nitrogens is 1. The fourth-order valence-corrected chi connectivity index (χ4v) is 6.25. The van der Waals surface area contributed by atoms with Crippen molar-refractivity contribution >= 4 is 16.8 Å². The van der Waals surface area contributed by atoms with Gasteiger partial charge in [-0.2, -0.15) is 0 Å². The Kier molecular flexibility index (Phi) is 6.33. The number of aromatic amines is 1. The summed E-state index contributed by atoms with van der Waals surface area (Å²) in [5.41, 5.74) is 5.22. The Morgan fingerprint density at radius 1 is 0.947 bits per heavy atom. The van der Waals surface area contributed by atoms with Gasteiger partial charge in [0.15, 0.2) is 0 Å². The number of amides is 1. The van der Waals surface area contributed by atoms with E-state index < -0.39 is 0 Å². The molecule has 0 bridgehead atoms. The highest BCUT2D eigenvalue weighted by atomic mass is 16.5. The molecule has 1 atom stereocenters. The molecule has 196 valence electrons. The molecule has 0 aliphatic carbocycles. The summed E-state index contributed by atoms with van der Waals surface area (Å²) in [6, 6.07) is 23.9. The number of aliphatic hydroxyl groups is 1. The number of nitrogens with zero attached hydrogens (tertiary/aromatic N) is 2. The predicted molar refractivity (Wildman–Crippen MR) is 146 cm³/mol. The minimum atomic E-state index is -0.216. The highest BCUT2D eigenvalue weighted by molar-refractivity contribution is 5.89. The molecule has 7 nitrogen and oxygen atoms in total. The second-order valence-electron chi connectivity index (χ2n) is 10.5. The van der Waals surface area contributed by atoms with E-state index in [0.29, 0.717) is 26.1 Å². The molecule has 1 aromatic heterocycles. The smallest absolute Gasteiger partial charge is 0.227 e. The van der Waals surface area contributed by atoms with Crippen LogP contribution in [0.15, 0.2) is 72.8 Å². The molecule has 1 spiro atoms. The van der Waals surface area contributed by atoms with Crippen molar-refractivity contribution in [3.05, 3.63) is 95.2 Å². The van der Waals surface area contributed by atoms with Crippen molar-refractivity contribution in [3.8, 4) is 11.5 Å². The molecule has 6 rings (SSSR count). The first-order valence-corrected chi connectivity index (χ1v) is 13.0. The number of fused-ring (bicyclic) bond motifs is 4. The Morgan fingerprint density at radius 3 is 2.34 bits per heavy atom. The van der Waals surface area contributed by atoms with E-state index in [4.69, 9.17) is 9.47 Å². The van der Waals surface area contributed by atoms with Crippen LogP contribution in [0.3, 0.4) is 0 Å². The van der Waals surface area contributed by atoms with Gasteiger partial charge in [0.1, 0.15) is 11.5 Å². The molecule has 1 saturated heterocycles. The second kappa shape index (κ2) is 9.82. The lowest BCUT2D eigenvalue weighted by atomic mass is 9.68. The standard InChI is InChI=1S/C31H33N3O4/c1-37-23-10-8-22(9-11-23)16-33-18-31(19-34(20-31)28(36)14-21-6-4-3-5-7-21)29-25-13-12-24(38-2)15-26(25)32-30(29)27(33)17-35/h3-13,15,27,32,35H,14,16-20H2,1-2H3/t27-/m1/s1. The first-order chi connectivity index (χ1) is 18.5. The predicted octanol–water partition coefficient (Wildman–Crippen LogP) is 4.06. The lowest BCUT2D eigenvalue weighted by Gasteiger charge is -2.56. The molecule has 3 heterocycles. The lowest BCUT2D eigenvalue weighted by Crippen LogP contribution is -2.67. The van der Waals surface area contributed by atoms with Gasteiger partial charge in [0.2, 0.25) is 5.91 Å². The van der Waals surface area contributed by atoms with Crippen LogP contribution in [0.1, 0.15) is 28.4 Å². The first kappa shape index (κ1) is 24.5. The topological polar surface area (TPSA) is 78.0 Å². The largest absolute Gasteiger partial charge is 0.497 e. The summed E-state index contributed by atoms with van der Waals surface area (Å²) in [4.78, 5) is 21.2. The van der Waals surface area contributed by atoms with Crippen molar-refractivity contribution in [1.82, 2.24) is 14.8 Å². The molecule has 2 aliphatic rings. The average molecular weight is 512 g/mol. The van der Waals surface area contributed by atoms with Crippen LogP contribution in [0.2, 0.25) is 0 Å². The summed E-state index contributed by atoms with van der Waals surface area (Å²) < 4.78 is 10.8. The summed E-state index contributed by atoms with van der Waals surface area (Å²) in [6.07, 6.45) is 0.406. The van der Waals surface area contributed by atoms with Crippen LogP contribution in [0.5, 0.6) is 11.5 Å². The Bertz CT molecular complexity index is 1440. The van der Waals surface area contributed by atoms with Gasteiger partial charge in [-0.15, -0.1) is 0 Å². The number of benzene rings is 3. The van der Waals surface area contributed by atoms with Gasteiger partial charge < -0.3 is 24.5 Å². The minimum absolute atomic E-state index is 0.000155. The van der Waals surface area contributed by atoms with E-state index in [1.807, 2.05) is 59.5 Å². The van der Waals surface area contributed by atoms with Crippen LogP contribution < -0.4 is 9.47 Å². The highest BCUT2D eigenvalue weighted by Gasteiger charge is 2.53. The van der Waals surface area contributed by atoms with E-state index in [0.717, 1.165) is 45.8 Å². The van der Waals surface area contributed by atoms with Crippen LogP contribution >= 0.6 is 0 Å². The zero-order valence-corrected chi connectivity index (χ0v) is 21.8. The van der Waals surface area contributed by atoms with E-state index >= 15 is 0 Å². The molecule has 0 unspecified atom stereocenters. The minimum Gasteiger partial charge on any atom is -0.497 e. The van der Waals surface area contributed by atoms with Crippen molar-refractivity contribution in [2.75, 3.05) is 40.5 Å². The van der Waals surface area contributed by atoms with Crippen molar-refractivity contribution in [2.45, 2.75) is 24.4 Å². The number of hydrogen-bond acceptors (Lipinski definition) is 5. The molecule has 1 amide bonds. The van der Waals surface area contributed by atoms with Gasteiger partial charge >= 0.3 is 0 Å². The lowest BCUT2D eigenvalue weighted by molar-refractivity contribution is -0.140. The normalized spacial score (nSPS) is 18.3. The monoisotopic (exact) mass is 511 g/mol. The number of aliphatic hydroxyl groups excluding tert-OH is 1. The SMILES string of the molecule is COc1ccc(CN2CC3(CN(C(=O)Cc4ccccc4)C3)c3c([nH]c4cc(OC)ccc34)[C@H]2CO)cc1. The van der Waals surface area contributed by atoms with Crippen LogP contribution in [-0.4, -0.2) is 66.3 Å². The number of nitrogens with one attached hydrogen (secondary N) is 1. The fraction of sp³-hybridized carbons (Fsp3) is 0.323. The van der Waals surface area contributed by atoms with Crippen LogP contribution in [0, 0.1) is 0 Å². The number of likely N-dealkylation sites (tertiary alicyclic amines) is 1. The van der Waals surface area contributed by atoms with Gasteiger partial charge in [-0.1, -0.05) is 42.5 Å². The number of carbonyl (C=O) groups excluding carboxylic acids is 1. The van der Waals surface area contributed by atoms with E-state index in [1.54, 1.807) is 14.2 Å². The van der Waals surface area contributed by atoms with Crippen molar-refractivity contribution in [3.63, 3.8) is 0 Å². The summed E-state index contributed by atoms with van der Waals surface area (Å²) in [6.45, 7) is 2.75. The van der Waals surface area contributed by atoms with Gasteiger partial charge in [-0.05, 0) is 41.0 Å². The number of rotatable bonds is 7. The van der Waals surface area contributed by atoms with E-state index in [9.17, 15) is 9.90 Å². The maximum atomic E-state index is 13.2. The molecule has 7 heteroatoms. The number of methoxy groups -OCH3 is 2. The first-order valence-electron chi connectivity index (χ1n) is 13.0. The molecule has 38 heavy (non-hydrogen) atoms. The Hall–Kier alpha value is -3.81. The molecule has 3 aromatic carbocycles. The number of ether oxygens (including phenoxy) is 2. The van der Waals surface area contributed by atoms with Gasteiger partial charge in [0, 0.05) is 54.3 Å². The molecule has 4 aromatic rings. The van der Waals surface area contributed by atoms with E-state index in [1.165, 1.54) is 5.56 Å². The highest BCUT2D eigenvalue weighted by Crippen LogP contribution is 2.49. The van der Waals surface area contributed by atoms with Gasteiger partial charge in [-0.25, -0.2) is 0 Å². The Balaban J connectivity index is 1.35. The number of aromatic nitrogens is 1. The third kappa shape index (κ3) is 4.22. The summed E-state index contributed by atoms with van der Waals surface area (Å²) in [5, 5.41) is 11.7. The Morgan fingerprint density at radius 2 is 1.66 bits per heavy atom. The Labute approximate surface area is 222 Å². The maximum absolute atomic E-state index is 13.2. The number of carbonyl (C=O) groups is 1. The van der Waals surface area contributed by atoms with Crippen LogP contribution in [0.4, 0.5) is 0 Å². The van der Waals surface area contributed by atoms with Crippen LogP contribution in [0.25, 0.3) is 10.9 Å². The zero-order chi connectivity index (χ0) is 26.3. The van der Waals surface area contributed by atoms with Crippen molar-refractivity contribution < 1.29 is 19.4 Å². The quantitative estimate of drug-likeness (QED) is 0.391. The maximum Gasteiger partial charge on any atom is 0.227 e. The summed E-state index contributed by atoms with van der Waals surface area (Å²) in [5.74, 6) is 1.76. The van der Waals surface area contributed by atoms with Crippen molar-refractivity contribution in [2.24, 2.45) is 0 Å². The third-order valence-electron chi connectivity index (χ3n) is 8.10. The molecule has 2 N–H and O–H groups in total. The molecule has 0 saturated carbocycles. The van der Waals surface area contributed by atoms with Crippen molar-refractivity contribution in [1.29, 1.82) is 0 Å². The molecule has 0 radical (unpaired) electrons. The molecular formula is C31H33N3O4. The van der Waals surface area contributed by atoms with Gasteiger partial charge in [0.25, 0.3) is 0 Å². The zero-order valence-electron chi connectivity index (χ0n) is 21.8. The van der Waals surface area contributed by atoms with Crippen LogP contribution in [-0.2, 0) is 23.2 Å². The average Bonchev–Trinajstić information content (AvgIpc) is 3.31. The van der Waals surface area contributed by atoms with E-state index in [2.05, 4.69) is 28.1 Å².